The van der Waals surface area contributed by atoms with Crippen molar-refractivity contribution in [2.45, 2.75) is 46.1 Å². The van der Waals surface area contributed by atoms with Crippen molar-refractivity contribution < 1.29 is 0 Å². The van der Waals surface area contributed by atoms with Gasteiger partial charge in [0.05, 0.1) is 17.9 Å². The molecule has 0 radical (unpaired) electrons. The van der Waals surface area contributed by atoms with Crippen molar-refractivity contribution in [2.75, 3.05) is 0 Å². The lowest BCUT2D eigenvalue weighted by Gasteiger charge is -2.14. The van der Waals surface area contributed by atoms with Crippen molar-refractivity contribution in [3.8, 4) is 11.4 Å². The van der Waals surface area contributed by atoms with Gasteiger partial charge in [0.15, 0.2) is 0 Å². The van der Waals surface area contributed by atoms with Gasteiger partial charge in [-0.3, -0.25) is 10.1 Å². The Bertz CT molecular complexity index is 808. The van der Waals surface area contributed by atoms with Gasteiger partial charge in [0.1, 0.15) is 11.4 Å². The summed E-state index contributed by atoms with van der Waals surface area (Å²) < 4.78 is 1.83. The van der Waals surface area contributed by atoms with Crippen LogP contribution in [0.1, 0.15) is 50.7 Å². The molecule has 6 nitrogen and oxygen atoms in total. The summed E-state index contributed by atoms with van der Waals surface area (Å²) in [6.07, 6.45) is 3.72. The number of hydrogen-bond donors (Lipinski definition) is 1. The van der Waals surface area contributed by atoms with Gasteiger partial charge < -0.3 is 0 Å². The fraction of sp³-hybridized carbons (Fsp3) is 0.412. The molecular weight excluding hydrogens is 288 g/mol. The van der Waals surface area contributed by atoms with Gasteiger partial charge >= 0.3 is 0 Å². The maximum atomic E-state index is 4.46. The van der Waals surface area contributed by atoms with Gasteiger partial charge in [-0.1, -0.05) is 32.1 Å². The molecule has 0 saturated carbocycles. The molecule has 6 heteroatoms. The molecule has 0 aromatic carbocycles. The smallest absolute Gasteiger partial charge is 0.133 e. The Morgan fingerprint density at radius 1 is 1.22 bits per heavy atom. The molecule has 3 aromatic heterocycles. The number of pyridine rings is 1. The van der Waals surface area contributed by atoms with E-state index in [2.05, 4.69) is 66.2 Å². The zero-order valence-electron chi connectivity index (χ0n) is 14.2. The number of aryl methyl sites for hydroxylation is 1. The second kappa shape index (κ2) is 5.61. The third-order valence-corrected chi connectivity index (χ3v) is 4.00. The predicted molar refractivity (Wildman–Crippen MR) is 89.1 cm³/mol. The van der Waals surface area contributed by atoms with Crippen molar-refractivity contribution >= 4 is 0 Å². The maximum Gasteiger partial charge on any atom is 0.133 e. The third kappa shape index (κ3) is 3.02. The normalized spacial score (nSPS) is 13.3. The first kappa shape index (κ1) is 15.4. The van der Waals surface area contributed by atoms with Crippen LogP contribution in [0.15, 0.2) is 30.6 Å². The van der Waals surface area contributed by atoms with Crippen LogP contribution in [0.3, 0.4) is 0 Å². The van der Waals surface area contributed by atoms with E-state index in [-0.39, 0.29) is 11.5 Å². The van der Waals surface area contributed by atoms with E-state index in [1.165, 1.54) is 0 Å². The van der Waals surface area contributed by atoms with Crippen LogP contribution < -0.4 is 0 Å². The fourth-order valence-corrected chi connectivity index (χ4v) is 2.48. The van der Waals surface area contributed by atoms with Crippen molar-refractivity contribution in [3.05, 3.63) is 47.5 Å². The SMILES string of the molecule is Cc1cccnc1[C@@H](C)n1cc(-c2cc(C(C)(C)C)[nH]n2)nn1. The van der Waals surface area contributed by atoms with Crippen LogP contribution in [-0.4, -0.2) is 30.2 Å². The average Bonchev–Trinajstić information content (AvgIpc) is 3.15. The Kier molecular flexibility index (Phi) is 3.75. The number of aromatic amines is 1. The molecule has 3 rings (SSSR count). The lowest BCUT2D eigenvalue weighted by atomic mass is 9.92. The largest absolute Gasteiger partial charge is 0.281 e. The van der Waals surface area contributed by atoms with E-state index < -0.39 is 0 Å². The molecule has 3 aromatic rings. The standard InChI is InChI=1S/C17H22N6/c1-11-7-6-8-18-16(11)12(2)23-10-14(20-22-23)13-9-15(21-19-13)17(3,4)5/h6-10,12H,1-5H3,(H,19,21)/t12-/m1/s1. The van der Waals surface area contributed by atoms with Gasteiger partial charge in [-0.15, -0.1) is 5.10 Å². The monoisotopic (exact) mass is 310 g/mol. The lowest BCUT2D eigenvalue weighted by Crippen LogP contribution is -2.11. The molecule has 0 aliphatic carbocycles. The van der Waals surface area contributed by atoms with E-state index in [1.807, 2.05) is 23.0 Å². The second-order valence-electron chi connectivity index (χ2n) is 6.88. The van der Waals surface area contributed by atoms with Gasteiger partial charge in [-0.2, -0.15) is 5.10 Å². The Morgan fingerprint density at radius 2 is 2.00 bits per heavy atom. The molecular formula is C17H22N6. The molecule has 3 heterocycles. The van der Waals surface area contributed by atoms with E-state index in [1.54, 1.807) is 6.20 Å². The minimum Gasteiger partial charge on any atom is -0.281 e. The van der Waals surface area contributed by atoms with Crippen molar-refractivity contribution in [1.29, 1.82) is 0 Å². The summed E-state index contributed by atoms with van der Waals surface area (Å²) in [7, 11) is 0. The topological polar surface area (TPSA) is 72.3 Å². The maximum absolute atomic E-state index is 4.46. The Balaban J connectivity index is 1.89. The van der Waals surface area contributed by atoms with Crippen LogP contribution in [0.5, 0.6) is 0 Å². The second-order valence-corrected chi connectivity index (χ2v) is 6.88. The first-order chi connectivity index (χ1) is 10.9. The summed E-state index contributed by atoms with van der Waals surface area (Å²) in [4.78, 5) is 4.46. The minimum atomic E-state index is 0.0264. The molecule has 1 atom stereocenters. The number of H-pyrrole nitrogens is 1. The van der Waals surface area contributed by atoms with Crippen molar-refractivity contribution in [2.24, 2.45) is 0 Å². The quantitative estimate of drug-likeness (QED) is 0.806. The highest BCUT2D eigenvalue weighted by atomic mass is 15.4. The molecule has 0 fully saturated rings. The minimum absolute atomic E-state index is 0.0264. The van der Waals surface area contributed by atoms with Crippen molar-refractivity contribution in [1.82, 2.24) is 30.2 Å². The average molecular weight is 310 g/mol. The number of aromatic nitrogens is 6. The summed E-state index contributed by atoms with van der Waals surface area (Å²) in [6.45, 7) is 10.6. The van der Waals surface area contributed by atoms with E-state index in [9.17, 15) is 0 Å². The van der Waals surface area contributed by atoms with Crippen LogP contribution in [0, 0.1) is 6.92 Å². The summed E-state index contributed by atoms with van der Waals surface area (Å²) >= 11 is 0. The highest BCUT2D eigenvalue weighted by Crippen LogP contribution is 2.25. The zero-order valence-corrected chi connectivity index (χ0v) is 14.2. The first-order valence-corrected chi connectivity index (χ1v) is 7.76. The van der Waals surface area contributed by atoms with Crippen LogP contribution >= 0.6 is 0 Å². The molecule has 0 amide bonds. The van der Waals surface area contributed by atoms with E-state index in [4.69, 9.17) is 0 Å². The fourth-order valence-electron chi connectivity index (χ4n) is 2.48. The van der Waals surface area contributed by atoms with E-state index >= 15 is 0 Å². The third-order valence-electron chi connectivity index (χ3n) is 4.00. The highest BCUT2D eigenvalue weighted by molar-refractivity contribution is 5.53. The summed E-state index contributed by atoms with van der Waals surface area (Å²) in [5, 5.41) is 16.0. The number of nitrogens with zero attached hydrogens (tertiary/aromatic N) is 5. The summed E-state index contributed by atoms with van der Waals surface area (Å²) in [5.74, 6) is 0. The molecule has 23 heavy (non-hydrogen) atoms. The van der Waals surface area contributed by atoms with Gasteiger partial charge in [0.25, 0.3) is 0 Å². The Morgan fingerprint density at radius 3 is 2.65 bits per heavy atom. The van der Waals surface area contributed by atoms with Crippen LogP contribution in [0.25, 0.3) is 11.4 Å². The highest BCUT2D eigenvalue weighted by Gasteiger charge is 2.19. The molecule has 120 valence electrons. The van der Waals surface area contributed by atoms with Crippen LogP contribution in [0.4, 0.5) is 0 Å². The van der Waals surface area contributed by atoms with Gasteiger partial charge in [0, 0.05) is 17.3 Å². The van der Waals surface area contributed by atoms with Crippen LogP contribution in [-0.2, 0) is 5.41 Å². The molecule has 0 saturated heterocycles. The van der Waals surface area contributed by atoms with Crippen molar-refractivity contribution in [3.63, 3.8) is 0 Å². The summed E-state index contributed by atoms with van der Waals surface area (Å²) in [5.41, 5.74) is 4.83. The molecule has 0 bridgehead atoms. The predicted octanol–water partition coefficient (Wildman–Crippen LogP) is 3.28. The molecule has 0 aliphatic rings. The molecule has 0 unspecified atom stereocenters. The number of nitrogens with one attached hydrogen (secondary N) is 1. The van der Waals surface area contributed by atoms with E-state index in [0.29, 0.717) is 0 Å². The Hall–Kier alpha value is -2.50. The number of hydrogen-bond acceptors (Lipinski definition) is 4. The summed E-state index contributed by atoms with van der Waals surface area (Å²) in [6, 6.07) is 6.06. The van der Waals surface area contributed by atoms with Gasteiger partial charge in [-0.05, 0) is 31.5 Å². The van der Waals surface area contributed by atoms with Crippen LogP contribution in [0.2, 0.25) is 0 Å². The molecule has 0 spiro atoms. The van der Waals surface area contributed by atoms with Gasteiger partial charge in [-0.25, -0.2) is 4.68 Å². The van der Waals surface area contributed by atoms with E-state index in [0.717, 1.165) is 28.3 Å². The Labute approximate surface area is 136 Å². The molecule has 1 N–H and O–H groups in total. The van der Waals surface area contributed by atoms with Gasteiger partial charge in [0.2, 0.25) is 0 Å². The zero-order chi connectivity index (χ0) is 16.6. The first-order valence-electron chi connectivity index (χ1n) is 7.76. The lowest BCUT2D eigenvalue weighted by molar-refractivity contribution is 0.529. The number of rotatable bonds is 3. The molecule has 0 aliphatic heterocycles.